The minimum Gasteiger partial charge on any atom is -0.338 e. The number of sulfonamides is 1. The van der Waals surface area contributed by atoms with Crippen LogP contribution in [0.5, 0.6) is 0 Å². The maximum atomic E-state index is 13.5. The van der Waals surface area contributed by atoms with Gasteiger partial charge in [0.15, 0.2) is 5.82 Å². The minimum absolute atomic E-state index is 0.336. The average molecular weight is 489 g/mol. The number of quaternary nitrogens is 1. The average Bonchev–Trinajstić information content (AvgIpc) is 2.85. The molecule has 1 aromatic heterocycles. The minimum atomic E-state index is -3.59. The number of fused-ring (bicyclic) bond motifs is 1. The van der Waals surface area contributed by atoms with Crippen molar-refractivity contribution >= 4 is 32.3 Å². The number of hydrogen-bond donors (Lipinski definition) is 2. The highest BCUT2D eigenvalue weighted by molar-refractivity contribution is 7.89. The van der Waals surface area contributed by atoms with Crippen molar-refractivity contribution in [3.05, 3.63) is 77.9 Å². The van der Waals surface area contributed by atoms with Crippen LogP contribution >= 0.6 is 0 Å². The first-order chi connectivity index (χ1) is 16.8. The zero-order chi connectivity index (χ0) is 24.6. The quantitative estimate of drug-likeness (QED) is 0.451. The van der Waals surface area contributed by atoms with Gasteiger partial charge in [-0.2, -0.15) is 4.31 Å². The molecule has 0 spiro atoms. The monoisotopic (exact) mass is 488 g/mol. The summed E-state index contributed by atoms with van der Waals surface area (Å²) >= 11 is 0. The predicted molar refractivity (Wildman–Crippen MR) is 140 cm³/mol. The zero-order valence-corrected chi connectivity index (χ0v) is 21.1. The van der Waals surface area contributed by atoms with E-state index in [-0.39, 0.29) is 0 Å². The summed E-state index contributed by atoms with van der Waals surface area (Å²) in [5, 5.41) is 14.3. The van der Waals surface area contributed by atoms with Crippen LogP contribution < -0.4 is 10.2 Å². The Kier molecular flexibility index (Phi) is 6.27. The largest absolute Gasteiger partial charge is 0.338 e. The van der Waals surface area contributed by atoms with E-state index in [0.29, 0.717) is 29.5 Å². The maximum absolute atomic E-state index is 13.5. The lowest BCUT2D eigenvalue weighted by atomic mass is 10.0. The second-order valence-electron chi connectivity index (χ2n) is 9.28. The van der Waals surface area contributed by atoms with E-state index in [4.69, 9.17) is 0 Å². The Morgan fingerprint density at radius 2 is 1.63 bits per heavy atom. The van der Waals surface area contributed by atoms with Crippen LogP contribution in [0, 0.1) is 13.8 Å². The molecule has 0 unspecified atom stereocenters. The van der Waals surface area contributed by atoms with Crippen molar-refractivity contribution in [1.82, 2.24) is 14.5 Å². The fraction of sp³-hybridized carbons (Fsp3) is 0.259. The van der Waals surface area contributed by atoms with E-state index in [2.05, 4.69) is 28.6 Å². The number of nitrogens with one attached hydrogen (secondary N) is 2. The standard InChI is InChI=1S/C27H29N5O2S/c1-19-7-6-8-22(17-19)28-27-24-10-5-4-9-23(24)26(29-30-27)21-12-11-20(2)25(18-21)35(33,34)32-15-13-31(3)14-16-32/h4-12,17-18H,13-16H2,1-3H3,(H,28,30)/p+1. The van der Waals surface area contributed by atoms with Crippen molar-refractivity contribution in [3.8, 4) is 11.3 Å². The number of benzene rings is 3. The number of likely N-dealkylation sites (N-methyl/N-ethyl adjacent to an activating group) is 1. The Morgan fingerprint density at radius 1 is 0.886 bits per heavy atom. The van der Waals surface area contributed by atoms with E-state index >= 15 is 0 Å². The van der Waals surface area contributed by atoms with E-state index < -0.39 is 10.0 Å². The molecule has 0 saturated carbocycles. The van der Waals surface area contributed by atoms with Gasteiger partial charge in [0.1, 0.15) is 5.69 Å². The van der Waals surface area contributed by atoms with Gasteiger partial charge in [-0.25, -0.2) is 8.42 Å². The van der Waals surface area contributed by atoms with Crippen molar-refractivity contribution in [2.75, 3.05) is 38.5 Å². The number of hydrogen-bond acceptors (Lipinski definition) is 5. The van der Waals surface area contributed by atoms with Gasteiger partial charge in [0.2, 0.25) is 10.0 Å². The summed E-state index contributed by atoms with van der Waals surface area (Å²) in [6.07, 6.45) is 0. The summed E-state index contributed by atoms with van der Waals surface area (Å²) in [7, 11) is -1.50. The number of piperazine rings is 1. The van der Waals surface area contributed by atoms with E-state index in [1.807, 2.05) is 68.4 Å². The van der Waals surface area contributed by atoms with Gasteiger partial charge in [0.05, 0.1) is 38.1 Å². The van der Waals surface area contributed by atoms with E-state index in [1.54, 1.807) is 10.4 Å². The van der Waals surface area contributed by atoms with Crippen LogP contribution in [0.4, 0.5) is 11.5 Å². The first-order valence-corrected chi connectivity index (χ1v) is 13.3. The SMILES string of the molecule is Cc1cccc(Nc2nnc(-c3ccc(C)c(S(=O)(=O)N4CC[NH+](C)CC4)c3)c3ccccc23)c1. The summed E-state index contributed by atoms with van der Waals surface area (Å²) < 4.78 is 28.6. The highest BCUT2D eigenvalue weighted by Crippen LogP contribution is 2.33. The first-order valence-electron chi connectivity index (χ1n) is 11.8. The van der Waals surface area contributed by atoms with Gasteiger partial charge < -0.3 is 10.2 Å². The van der Waals surface area contributed by atoms with Crippen LogP contribution in [0.3, 0.4) is 0 Å². The lowest BCUT2D eigenvalue weighted by molar-refractivity contribution is -0.883. The molecule has 0 atom stereocenters. The zero-order valence-electron chi connectivity index (χ0n) is 20.2. The summed E-state index contributed by atoms with van der Waals surface area (Å²) in [6.45, 7) is 6.56. The molecule has 2 heterocycles. The van der Waals surface area contributed by atoms with Crippen LogP contribution in [0.25, 0.3) is 22.0 Å². The molecule has 0 bridgehead atoms. The molecule has 2 N–H and O–H groups in total. The van der Waals surface area contributed by atoms with Crippen molar-refractivity contribution in [2.24, 2.45) is 0 Å². The van der Waals surface area contributed by atoms with Gasteiger partial charge in [-0.05, 0) is 43.2 Å². The van der Waals surface area contributed by atoms with Gasteiger partial charge in [-0.1, -0.05) is 48.5 Å². The third-order valence-electron chi connectivity index (χ3n) is 6.62. The Morgan fingerprint density at radius 3 is 2.37 bits per heavy atom. The Balaban J connectivity index is 1.56. The van der Waals surface area contributed by atoms with Gasteiger partial charge in [-0.15, -0.1) is 10.2 Å². The molecule has 1 fully saturated rings. The van der Waals surface area contributed by atoms with Crippen LogP contribution in [-0.2, 0) is 10.0 Å². The molecule has 0 amide bonds. The van der Waals surface area contributed by atoms with Crippen molar-refractivity contribution in [1.29, 1.82) is 0 Å². The highest BCUT2D eigenvalue weighted by atomic mass is 32.2. The van der Waals surface area contributed by atoms with E-state index in [1.165, 1.54) is 4.90 Å². The van der Waals surface area contributed by atoms with Crippen molar-refractivity contribution in [2.45, 2.75) is 18.7 Å². The van der Waals surface area contributed by atoms with Crippen molar-refractivity contribution < 1.29 is 13.3 Å². The first kappa shape index (κ1) is 23.4. The molecule has 3 aromatic carbocycles. The fourth-order valence-electron chi connectivity index (χ4n) is 4.54. The molecule has 1 saturated heterocycles. The molecule has 8 heteroatoms. The molecule has 180 valence electrons. The fourth-order valence-corrected chi connectivity index (χ4v) is 6.23. The highest BCUT2D eigenvalue weighted by Gasteiger charge is 2.30. The van der Waals surface area contributed by atoms with Gasteiger partial charge in [0, 0.05) is 22.0 Å². The molecular formula is C27H30N5O2S+. The van der Waals surface area contributed by atoms with Gasteiger partial charge in [0.25, 0.3) is 0 Å². The summed E-state index contributed by atoms with van der Waals surface area (Å²) in [5.41, 5.74) is 4.22. The number of aryl methyl sites for hydroxylation is 2. The maximum Gasteiger partial charge on any atom is 0.243 e. The molecular weight excluding hydrogens is 458 g/mol. The molecule has 7 nitrogen and oxygen atoms in total. The number of nitrogens with zero attached hydrogens (tertiary/aromatic N) is 3. The van der Waals surface area contributed by atoms with E-state index in [0.717, 1.165) is 46.2 Å². The lowest BCUT2D eigenvalue weighted by Crippen LogP contribution is -3.12. The second kappa shape index (κ2) is 9.37. The summed E-state index contributed by atoms with van der Waals surface area (Å²) in [5.74, 6) is 0.662. The molecule has 0 radical (unpaired) electrons. The number of rotatable bonds is 5. The molecule has 5 rings (SSSR count). The van der Waals surface area contributed by atoms with Crippen LogP contribution in [-0.4, -0.2) is 56.1 Å². The topological polar surface area (TPSA) is 79.6 Å². The normalized spacial score (nSPS) is 15.4. The number of anilines is 2. The smallest absolute Gasteiger partial charge is 0.243 e. The Labute approximate surface area is 206 Å². The van der Waals surface area contributed by atoms with Gasteiger partial charge >= 0.3 is 0 Å². The summed E-state index contributed by atoms with van der Waals surface area (Å²) in [4.78, 5) is 1.69. The Hall–Kier alpha value is -3.33. The molecule has 1 aliphatic rings. The molecule has 1 aliphatic heterocycles. The summed E-state index contributed by atoms with van der Waals surface area (Å²) in [6, 6.07) is 21.6. The number of aromatic nitrogens is 2. The van der Waals surface area contributed by atoms with Crippen LogP contribution in [0.1, 0.15) is 11.1 Å². The molecule has 35 heavy (non-hydrogen) atoms. The predicted octanol–water partition coefficient (Wildman–Crippen LogP) is 3.18. The molecule has 0 aliphatic carbocycles. The van der Waals surface area contributed by atoms with E-state index in [9.17, 15) is 8.42 Å². The van der Waals surface area contributed by atoms with Gasteiger partial charge in [-0.3, -0.25) is 0 Å². The van der Waals surface area contributed by atoms with Crippen molar-refractivity contribution in [3.63, 3.8) is 0 Å². The molecule has 4 aromatic rings. The third kappa shape index (κ3) is 4.65. The second-order valence-corrected chi connectivity index (χ2v) is 11.2. The van der Waals surface area contributed by atoms with Crippen LogP contribution in [0.15, 0.2) is 71.6 Å². The lowest BCUT2D eigenvalue weighted by Gasteiger charge is -2.29. The third-order valence-corrected chi connectivity index (χ3v) is 8.66. The Bertz CT molecular complexity index is 1490. The van der Waals surface area contributed by atoms with Crippen LogP contribution in [0.2, 0.25) is 0 Å².